The largest absolute Gasteiger partial charge is 0.497 e. The summed E-state index contributed by atoms with van der Waals surface area (Å²) in [7, 11) is 1.71. The summed E-state index contributed by atoms with van der Waals surface area (Å²) in [6, 6.07) is 6.61. The Morgan fingerprint density at radius 1 is 1.60 bits per heavy atom. The van der Waals surface area contributed by atoms with Crippen LogP contribution in [0.5, 0.6) is 5.75 Å². The number of thioether (sulfide) groups is 1. The summed E-state index contributed by atoms with van der Waals surface area (Å²) in [5, 5.41) is 0.645. The first-order chi connectivity index (χ1) is 7.19. The van der Waals surface area contributed by atoms with E-state index in [0.29, 0.717) is 11.3 Å². The summed E-state index contributed by atoms with van der Waals surface area (Å²) < 4.78 is 5.22. The van der Waals surface area contributed by atoms with Gasteiger partial charge in [0.2, 0.25) is 0 Å². The summed E-state index contributed by atoms with van der Waals surface area (Å²) >= 11 is 1.95. The molecule has 3 heteroatoms. The molecule has 2 nitrogen and oxygen atoms in total. The zero-order chi connectivity index (χ0) is 10.8. The molecule has 1 aromatic carbocycles. The van der Waals surface area contributed by atoms with Crippen molar-refractivity contribution in [2.75, 3.05) is 7.11 Å². The fourth-order valence-electron chi connectivity index (χ4n) is 1.97. The molecule has 1 heterocycles. The van der Waals surface area contributed by atoms with Crippen LogP contribution in [0.3, 0.4) is 0 Å². The third-order valence-corrected chi connectivity index (χ3v) is 3.99. The molecular weight excluding hydrogens is 206 g/mol. The Kier molecular flexibility index (Phi) is 3.22. The Morgan fingerprint density at radius 3 is 3.07 bits per heavy atom. The number of nitrogens with two attached hydrogens (primary N) is 1. The maximum atomic E-state index is 5.83. The van der Waals surface area contributed by atoms with E-state index in [1.54, 1.807) is 7.11 Å². The van der Waals surface area contributed by atoms with Crippen molar-refractivity contribution in [1.29, 1.82) is 0 Å². The molecule has 0 radical (unpaired) electrons. The molecule has 2 rings (SSSR count). The highest BCUT2D eigenvalue weighted by atomic mass is 32.2. The Morgan fingerprint density at radius 2 is 2.40 bits per heavy atom. The number of ether oxygens (including phenoxy) is 1. The molecule has 0 amide bonds. The van der Waals surface area contributed by atoms with Crippen molar-refractivity contribution in [1.82, 2.24) is 0 Å². The minimum atomic E-state index is 0.290. The number of hydrogen-bond donors (Lipinski definition) is 1. The second kappa shape index (κ2) is 4.45. The van der Waals surface area contributed by atoms with Crippen molar-refractivity contribution in [2.24, 2.45) is 5.73 Å². The molecule has 0 bridgehead atoms. The summed E-state index contributed by atoms with van der Waals surface area (Å²) in [6.45, 7) is 2.07. The molecule has 1 aromatic rings. The van der Waals surface area contributed by atoms with Crippen LogP contribution >= 0.6 is 11.8 Å². The molecule has 2 unspecified atom stereocenters. The normalized spacial score (nSPS) is 21.1. The monoisotopic (exact) mass is 223 g/mol. The Bertz CT molecular complexity index is 351. The van der Waals surface area contributed by atoms with Crippen molar-refractivity contribution in [3.05, 3.63) is 23.8 Å². The second-order valence-corrected chi connectivity index (χ2v) is 5.47. The lowest BCUT2D eigenvalue weighted by Crippen LogP contribution is -2.20. The van der Waals surface area contributed by atoms with Gasteiger partial charge in [-0.05, 0) is 43.5 Å². The highest BCUT2D eigenvalue weighted by molar-refractivity contribution is 8.00. The molecule has 0 spiro atoms. The predicted octanol–water partition coefficient (Wildman–Crippen LogP) is 2.45. The van der Waals surface area contributed by atoms with Crippen molar-refractivity contribution >= 4 is 11.8 Å². The molecule has 15 heavy (non-hydrogen) atoms. The smallest absolute Gasteiger partial charge is 0.119 e. The number of rotatable bonds is 3. The van der Waals surface area contributed by atoms with E-state index in [1.165, 1.54) is 10.5 Å². The third-order valence-electron chi connectivity index (χ3n) is 2.64. The van der Waals surface area contributed by atoms with Gasteiger partial charge < -0.3 is 10.5 Å². The lowest BCUT2D eigenvalue weighted by atomic mass is 10.1. The van der Waals surface area contributed by atoms with Crippen LogP contribution < -0.4 is 10.5 Å². The summed E-state index contributed by atoms with van der Waals surface area (Å²) in [6.07, 6.45) is 2.21. The van der Waals surface area contributed by atoms with E-state index in [4.69, 9.17) is 10.5 Å². The van der Waals surface area contributed by atoms with Gasteiger partial charge in [-0.3, -0.25) is 0 Å². The zero-order valence-electron chi connectivity index (χ0n) is 9.19. The van der Waals surface area contributed by atoms with Crippen molar-refractivity contribution < 1.29 is 4.74 Å². The van der Waals surface area contributed by atoms with Gasteiger partial charge in [0.1, 0.15) is 5.75 Å². The van der Waals surface area contributed by atoms with Crippen LogP contribution in [-0.4, -0.2) is 18.4 Å². The van der Waals surface area contributed by atoms with E-state index in [2.05, 4.69) is 19.1 Å². The summed E-state index contributed by atoms with van der Waals surface area (Å²) in [5.41, 5.74) is 7.23. The predicted molar refractivity (Wildman–Crippen MR) is 64.6 cm³/mol. The first-order valence-corrected chi connectivity index (χ1v) is 6.16. The van der Waals surface area contributed by atoms with Crippen molar-refractivity contribution in [3.8, 4) is 5.75 Å². The van der Waals surface area contributed by atoms with Crippen LogP contribution in [-0.2, 0) is 6.42 Å². The second-order valence-electron chi connectivity index (χ2n) is 4.13. The van der Waals surface area contributed by atoms with Gasteiger partial charge in [-0.15, -0.1) is 11.8 Å². The maximum Gasteiger partial charge on any atom is 0.119 e. The molecule has 2 N–H and O–H groups in total. The van der Waals surface area contributed by atoms with E-state index in [0.717, 1.165) is 18.6 Å². The minimum absolute atomic E-state index is 0.290. The summed E-state index contributed by atoms with van der Waals surface area (Å²) in [4.78, 5) is 1.39. The van der Waals surface area contributed by atoms with E-state index >= 15 is 0 Å². The highest BCUT2D eigenvalue weighted by Crippen LogP contribution is 2.40. The molecule has 1 aliphatic heterocycles. The quantitative estimate of drug-likeness (QED) is 0.855. The fourth-order valence-corrected chi connectivity index (χ4v) is 3.43. The van der Waals surface area contributed by atoms with Crippen molar-refractivity contribution in [2.45, 2.75) is 36.0 Å². The third kappa shape index (κ3) is 2.47. The molecule has 0 fully saturated rings. The van der Waals surface area contributed by atoms with Crippen LogP contribution in [0.2, 0.25) is 0 Å². The fraction of sp³-hybridized carbons (Fsp3) is 0.500. The van der Waals surface area contributed by atoms with Crippen LogP contribution in [0.4, 0.5) is 0 Å². The molecule has 2 atom stereocenters. The van der Waals surface area contributed by atoms with Gasteiger partial charge in [0.25, 0.3) is 0 Å². The van der Waals surface area contributed by atoms with E-state index in [9.17, 15) is 0 Å². The SMILES string of the molecule is COc1ccc2c(c1)CC(CC(C)N)S2. The first-order valence-electron chi connectivity index (χ1n) is 5.28. The average Bonchev–Trinajstić information content (AvgIpc) is 2.57. The number of methoxy groups -OCH3 is 1. The number of hydrogen-bond acceptors (Lipinski definition) is 3. The topological polar surface area (TPSA) is 35.2 Å². The number of benzene rings is 1. The van der Waals surface area contributed by atoms with E-state index < -0.39 is 0 Å². The van der Waals surface area contributed by atoms with Crippen LogP contribution in [0.1, 0.15) is 18.9 Å². The molecule has 82 valence electrons. The highest BCUT2D eigenvalue weighted by Gasteiger charge is 2.23. The minimum Gasteiger partial charge on any atom is -0.497 e. The van der Waals surface area contributed by atoms with Crippen LogP contribution in [0, 0.1) is 0 Å². The Balaban J connectivity index is 2.09. The van der Waals surface area contributed by atoms with Gasteiger partial charge >= 0.3 is 0 Å². The molecular formula is C12H17NOS. The van der Waals surface area contributed by atoms with Crippen LogP contribution in [0.25, 0.3) is 0 Å². The van der Waals surface area contributed by atoms with Gasteiger partial charge in [-0.25, -0.2) is 0 Å². The summed E-state index contributed by atoms with van der Waals surface area (Å²) in [5.74, 6) is 0.954. The van der Waals surface area contributed by atoms with Gasteiger partial charge in [-0.2, -0.15) is 0 Å². The Hall–Kier alpha value is -0.670. The van der Waals surface area contributed by atoms with Crippen molar-refractivity contribution in [3.63, 3.8) is 0 Å². The molecule has 0 aromatic heterocycles. The molecule has 0 aliphatic carbocycles. The molecule has 0 saturated heterocycles. The lowest BCUT2D eigenvalue weighted by Gasteiger charge is -2.10. The van der Waals surface area contributed by atoms with Gasteiger partial charge in [0.15, 0.2) is 0 Å². The standard InChI is InChI=1S/C12H17NOS/c1-8(13)5-11-7-9-6-10(14-2)3-4-12(9)15-11/h3-4,6,8,11H,5,7,13H2,1-2H3. The van der Waals surface area contributed by atoms with E-state index in [1.807, 2.05) is 17.8 Å². The lowest BCUT2D eigenvalue weighted by molar-refractivity contribution is 0.414. The molecule has 0 saturated carbocycles. The average molecular weight is 223 g/mol. The van der Waals surface area contributed by atoms with E-state index in [-0.39, 0.29) is 0 Å². The van der Waals surface area contributed by atoms with Gasteiger partial charge in [0.05, 0.1) is 7.11 Å². The zero-order valence-corrected chi connectivity index (χ0v) is 10.0. The Labute approximate surface area is 95.2 Å². The maximum absolute atomic E-state index is 5.83. The van der Waals surface area contributed by atoms with Gasteiger partial charge in [-0.1, -0.05) is 0 Å². The van der Waals surface area contributed by atoms with Crippen LogP contribution in [0.15, 0.2) is 23.1 Å². The first kappa shape index (κ1) is 10.8. The number of fused-ring (bicyclic) bond motifs is 1. The van der Waals surface area contributed by atoms with Gasteiger partial charge in [0, 0.05) is 16.2 Å². The molecule has 1 aliphatic rings.